The van der Waals surface area contributed by atoms with Crippen LogP contribution in [-0.4, -0.2) is 6.54 Å². The van der Waals surface area contributed by atoms with Crippen LogP contribution in [0.25, 0.3) is 0 Å². The van der Waals surface area contributed by atoms with E-state index in [2.05, 4.69) is 97.2 Å². The first-order chi connectivity index (χ1) is 14.8. The Balaban J connectivity index is 0.000000231. The van der Waals surface area contributed by atoms with Crippen molar-refractivity contribution in [3.8, 4) is 0 Å². The van der Waals surface area contributed by atoms with Crippen molar-refractivity contribution >= 4 is 23.8 Å². The van der Waals surface area contributed by atoms with E-state index in [1.807, 2.05) is 24.3 Å². The van der Waals surface area contributed by atoms with E-state index < -0.39 is 7.92 Å². The SMILES string of the molecule is CCCCNC([O-])=C1C=CC=C1.[Fe+2].c1ccc(P(c2ccccc2)c2ccc[cH-]2)cc1. The molecule has 1 aliphatic carbocycles. The van der Waals surface area contributed by atoms with Gasteiger partial charge in [0.05, 0.1) is 0 Å². The molecule has 2 nitrogen and oxygen atoms in total. The maximum atomic E-state index is 11.3. The molecule has 3 aromatic rings. The molecule has 0 saturated carbocycles. The topological polar surface area (TPSA) is 35.1 Å². The Kier molecular flexibility index (Phi) is 11.0. The molecule has 3 aromatic carbocycles. The van der Waals surface area contributed by atoms with Crippen LogP contribution in [0, 0.1) is 0 Å². The molecular formula is C27H28FeNOP. The summed E-state index contributed by atoms with van der Waals surface area (Å²) < 4.78 is 0. The Morgan fingerprint density at radius 3 is 1.94 bits per heavy atom. The van der Waals surface area contributed by atoms with Crippen LogP contribution in [0.3, 0.4) is 0 Å². The maximum absolute atomic E-state index is 11.3. The van der Waals surface area contributed by atoms with Gasteiger partial charge in [0.2, 0.25) is 0 Å². The molecule has 0 heterocycles. The van der Waals surface area contributed by atoms with Crippen molar-refractivity contribution in [1.29, 1.82) is 0 Å². The monoisotopic (exact) mass is 469 g/mol. The average molecular weight is 469 g/mol. The number of hydrogen-bond donors (Lipinski definition) is 1. The molecule has 0 fully saturated rings. The molecule has 4 heteroatoms. The van der Waals surface area contributed by atoms with Gasteiger partial charge in [0.25, 0.3) is 0 Å². The van der Waals surface area contributed by atoms with Gasteiger partial charge in [0.15, 0.2) is 0 Å². The van der Waals surface area contributed by atoms with E-state index in [0.717, 1.165) is 25.0 Å². The summed E-state index contributed by atoms with van der Waals surface area (Å²) in [6, 6.07) is 30.2. The van der Waals surface area contributed by atoms with Gasteiger partial charge in [-0.1, -0.05) is 98.3 Å². The Morgan fingerprint density at radius 1 is 0.871 bits per heavy atom. The molecular weight excluding hydrogens is 441 g/mol. The minimum absolute atomic E-state index is 0. The van der Waals surface area contributed by atoms with E-state index in [4.69, 9.17) is 0 Å². The summed E-state index contributed by atoms with van der Waals surface area (Å²) in [6.07, 6.45) is 9.54. The van der Waals surface area contributed by atoms with Crippen molar-refractivity contribution in [2.75, 3.05) is 6.54 Å². The van der Waals surface area contributed by atoms with Crippen molar-refractivity contribution in [3.05, 3.63) is 121 Å². The van der Waals surface area contributed by atoms with Crippen molar-refractivity contribution in [3.63, 3.8) is 0 Å². The van der Waals surface area contributed by atoms with Gasteiger partial charge in [-0.05, 0) is 36.4 Å². The number of unbranched alkanes of at least 4 members (excludes halogenated alkanes) is 1. The first-order valence-electron chi connectivity index (χ1n) is 10.4. The molecule has 0 bridgehead atoms. The Bertz CT molecular complexity index is 909. The van der Waals surface area contributed by atoms with Gasteiger partial charge in [-0.15, -0.1) is 5.30 Å². The molecule has 0 saturated heterocycles. The third kappa shape index (κ3) is 7.64. The van der Waals surface area contributed by atoms with Crippen molar-refractivity contribution in [2.45, 2.75) is 19.8 Å². The van der Waals surface area contributed by atoms with Gasteiger partial charge in [0.1, 0.15) is 0 Å². The number of hydrogen-bond acceptors (Lipinski definition) is 2. The summed E-state index contributed by atoms with van der Waals surface area (Å²) in [5.41, 5.74) is 0.756. The second kappa shape index (κ2) is 13.8. The average Bonchev–Trinajstić information content (AvgIpc) is 3.51. The van der Waals surface area contributed by atoms with Gasteiger partial charge in [-0.25, -0.2) is 12.1 Å². The summed E-state index contributed by atoms with van der Waals surface area (Å²) in [7, 11) is -0.409. The fourth-order valence-electron chi connectivity index (χ4n) is 3.12. The normalized spacial score (nSPS) is 11.6. The summed E-state index contributed by atoms with van der Waals surface area (Å²) >= 11 is 0. The molecule has 0 amide bonds. The summed E-state index contributed by atoms with van der Waals surface area (Å²) in [5, 5.41) is 18.4. The van der Waals surface area contributed by atoms with Gasteiger partial charge in [0, 0.05) is 6.54 Å². The second-order valence-corrected chi connectivity index (χ2v) is 9.15. The molecule has 1 aliphatic rings. The van der Waals surface area contributed by atoms with E-state index in [1.165, 1.54) is 15.9 Å². The quantitative estimate of drug-likeness (QED) is 0.185. The molecule has 160 valence electrons. The standard InChI is InChI=1S/C17H14P.C10H15NO.Fe/c1-3-9-15(10-4-1)18(17-13-7-8-14-17)16-11-5-2-6-12-16;1-2-3-8-11-10(12)9-6-4-5-7-9;/h1-14H;4-7,11-12H,2-3,8H2,1H3;/q-1;;+2/p-1. The van der Waals surface area contributed by atoms with E-state index in [-0.39, 0.29) is 23.0 Å². The Hall–Kier alpha value is -2.44. The van der Waals surface area contributed by atoms with Gasteiger partial charge in [-0.2, -0.15) is 12.1 Å². The summed E-state index contributed by atoms with van der Waals surface area (Å²) in [4.78, 5) is 0. The number of nitrogens with one attached hydrogen (secondary N) is 1. The number of rotatable bonds is 7. The molecule has 0 atom stereocenters. The molecule has 0 radical (unpaired) electrons. The smallest absolute Gasteiger partial charge is 0.860 e. The Morgan fingerprint density at radius 2 is 1.45 bits per heavy atom. The zero-order chi connectivity index (χ0) is 21.0. The van der Waals surface area contributed by atoms with E-state index in [9.17, 15) is 5.11 Å². The van der Waals surface area contributed by atoms with Crippen LogP contribution in [0.5, 0.6) is 0 Å². The molecule has 0 aromatic heterocycles. The fourth-order valence-corrected chi connectivity index (χ4v) is 5.43. The third-order valence-electron chi connectivity index (χ3n) is 4.67. The largest absolute Gasteiger partial charge is 2.00 e. The van der Waals surface area contributed by atoms with E-state index in [1.54, 1.807) is 0 Å². The van der Waals surface area contributed by atoms with Crippen LogP contribution in [0.4, 0.5) is 0 Å². The number of allylic oxidation sites excluding steroid dienone is 5. The minimum Gasteiger partial charge on any atom is -0.860 e. The summed E-state index contributed by atoms with van der Waals surface area (Å²) in [6.45, 7) is 2.88. The van der Waals surface area contributed by atoms with Gasteiger partial charge in [-0.3, -0.25) is 0 Å². The van der Waals surface area contributed by atoms with Gasteiger partial charge < -0.3 is 10.4 Å². The summed E-state index contributed by atoms with van der Waals surface area (Å²) in [5.74, 6) is 0.0356. The minimum atomic E-state index is -0.409. The number of benzene rings is 2. The van der Waals surface area contributed by atoms with E-state index in [0.29, 0.717) is 0 Å². The molecule has 4 rings (SSSR count). The first kappa shape index (κ1) is 24.8. The predicted octanol–water partition coefficient (Wildman–Crippen LogP) is 4.24. The second-order valence-electron chi connectivity index (χ2n) is 6.93. The van der Waals surface area contributed by atoms with Crippen molar-refractivity contribution < 1.29 is 22.2 Å². The zero-order valence-corrected chi connectivity index (χ0v) is 19.7. The van der Waals surface area contributed by atoms with Crippen LogP contribution < -0.4 is 26.3 Å². The van der Waals surface area contributed by atoms with Crippen molar-refractivity contribution in [1.82, 2.24) is 5.32 Å². The first-order valence-corrected chi connectivity index (χ1v) is 11.8. The Labute approximate surface area is 198 Å². The van der Waals surface area contributed by atoms with Crippen molar-refractivity contribution in [2.24, 2.45) is 0 Å². The van der Waals surface area contributed by atoms with Crippen LogP contribution in [-0.2, 0) is 17.1 Å². The van der Waals surface area contributed by atoms with Gasteiger partial charge >= 0.3 is 17.1 Å². The molecule has 31 heavy (non-hydrogen) atoms. The maximum Gasteiger partial charge on any atom is 2.00 e. The third-order valence-corrected chi connectivity index (χ3v) is 7.12. The molecule has 0 aliphatic heterocycles. The van der Waals surface area contributed by atoms with Crippen LogP contribution in [0.15, 0.2) is 121 Å². The zero-order valence-electron chi connectivity index (χ0n) is 17.7. The molecule has 0 spiro atoms. The van der Waals surface area contributed by atoms with E-state index >= 15 is 0 Å². The fraction of sp³-hybridized carbons (Fsp3) is 0.148. The predicted molar refractivity (Wildman–Crippen MR) is 129 cm³/mol. The van der Waals surface area contributed by atoms with Crippen LogP contribution in [0.1, 0.15) is 19.8 Å². The molecule has 0 unspecified atom stereocenters. The van der Waals surface area contributed by atoms with Crippen LogP contribution in [0.2, 0.25) is 0 Å². The van der Waals surface area contributed by atoms with Crippen LogP contribution >= 0.6 is 7.92 Å². The molecule has 1 N–H and O–H groups in total.